The van der Waals surface area contributed by atoms with Gasteiger partial charge >= 0.3 is 0 Å². The first-order chi connectivity index (χ1) is 7.79. The van der Waals surface area contributed by atoms with E-state index >= 15 is 0 Å². The van der Waals surface area contributed by atoms with Gasteiger partial charge in [0, 0.05) is 12.0 Å². The number of Topliss-reactive ketones (excluding diaryl/α,β-unsaturated/α-hetero) is 1. The van der Waals surface area contributed by atoms with E-state index in [-0.39, 0.29) is 5.78 Å². The van der Waals surface area contributed by atoms with Crippen LogP contribution in [0, 0.1) is 12.3 Å². The summed E-state index contributed by atoms with van der Waals surface area (Å²) in [4.78, 5) is 11.6. The minimum Gasteiger partial charge on any atom is -0.295 e. The number of carbonyl (C=O) groups excluding carboxylic acids is 1. The van der Waals surface area contributed by atoms with Gasteiger partial charge in [0.25, 0.3) is 0 Å². The van der Waals surface area contributed by atoms with Gasteiger partial charge in [-0.15, -0.1) is 6.42 Å². The monoisotopic (exact) mass is 210 g/mol. The van der Waals surface area contributed by atoms with Crippen LogP contribution in [0.15, 0.2) is 29.8 Å². The van der Waals surface area contributed by atoms with E-state index in [0.717, 1.165) is 36.0 Å². The molecule has 16 heavy (non-hydrogen) atoms. The standard InChI is InChI=1S/C15H14O/c1-2-12-6-5-7-13(10-12)11-14-8-3-4-9-15(14)16/h1,5-7,10-11H,3-4,8-9H2. The van der Waals surface area contributed by atoms with Gasteiger partial charge in [0.05, 0.1) is 0 Å². The molecule has 0 saturated heterocycles. The Hall–Kier alpha value is -1.81. The lowest BCUT2D eigenvalue weighted by Crippen LogP contribution is -2.07. The van der Waals surface area contributed by atoms with Crippen LogP contribution in [-0.4, -0.2) is 5.78 Å². The van der Waals surface area contributed by atoms with Crippen LogP contribution in [-0.2, 0) is 4.79 Å². The normalized spacial score (nSPS) is 18.4. The Kier molecular flexibility index (Phi) is 3.22. The summed E-state index contributed by atoms with van der Waals surface area (Å²) in [6.45, 7) is 0. The zero-order valence-electron chi connectivity index (χ0n) is 9.20. The highest BCUT2D eigenvalue weighted by Gasteiger charge is 2.14. The predicted octanol–water partition coefficient (Wildman–Crippen LogP) is 3.19. The van der Waals surface area contributed by atoms with E-state index in [1.54, 1.807) is 0 Å². The van der Waals surface area contributed by atoms with E-state index in [2.05, 4.69) is 5.92 Å². The average molecular weight is 210 g/mol. The molecule has 80 valence electrons. The lowest BCUT2D eigenvalue weighted by atomic mass is 9.92. The van der Waals surface area contributed by atoms with Crippen LogP contribution in [0.1, 0.15) is 36.8 Å². The van der Waals surface area contributed by atoms with E-state index in [4.69, 9.17) is 6.42 Å². The summed E-state index contributed by atoms with van der Waals surface area (Å²) in [6.07, 6.45) is 11.1. The Balaban J connectivity index is 2.27. The summed E-state index contributed by atoms with van der Waals surface area (Å²) in [5, 5.41) is 0. The van der Waals surface area contributed by atoms with E-state index < -0.39 is 0 Å². The Morgan fingerprint density at radius 1 is 1.25 bits per heavy atom. The smallest absolute Gasteiger partial charge is 0.158 e. The van der Waals surface area contributed by atoms with Crippen molar-refractivity contribution in [2.24, 2.45) is 0 Å². The fourth-order valence-corrected chi connectivity index (χ4v) is 1.97. The second-order valence-corrected chi connectivity index (χ2v) is 4.07. The Bertz CT molecular complexity index is 474. The maximum Gasteiger partial charge on any atom is 0.158 e. The van der Waals surface area contributed by atoms with Crippen molar-refractivity contribution in [2.45, 2.75) is 25.7 Å². The molecule has 1 nitrogen and oxygen atoms in total. The molecule has 1 aliphatic rings. The maximum absolute atomic E-state index is 11.6. The largest absolute Gasteiger partial charge is 0.295 e. The summed E-state index contributed by atoms with van der Waals surface area (Å²) in [7, 11) is 0. The summed E-state index contributed by atoms with van der Waals surface area (Å²) < 4.78 is 0. The summed E-state index contributed by atoms with van der Waals surface area (Å²) in [6, 6.07) is 7.74. The highest BCUT2D eigenvalue weighted by atomic mass is 16.1. The van der Waals surface area contributed by atoms with Crippen LogP contribution < -0.4 is 0 Å². The highest BCUT2D eigenvalue weighted by Crippen LogP contribution is 2.22. The van der Waals surface area contributed by atoms with Crippen molar-refractivity contribution < 1.29 is 4.79 Å². The molecule has 1 aliphatic carbocycles. The van der Waals surface area contributed by atoms with E-state index in [9.17, 15) is 4.79 Å². The molecule has 0 heterocycles. The van der Waals surface area contributed by atoms with Crippen molar-refractivity contribution in [3.8, 4) is 12.3 Å². The lowest BCUT2D eigenvalue weighted by molar-refractivity contribution is -0.116. The first kappa shape index (κ1) is 10.7. The van der Waals surface area contributed by atoms with E-state index in [0.29, 0.717) is 6.42 Å². The van der Waals surface area contributed by atoms with Crippen LogP contribution in [0.4, 0.5) is 0 Å². The number of allylic oxidation sites excluding steroid dienone is 1. The minimum atomic E-state index is 0.289. The van der Waals surface area contributed by atoms with Gasteiger partial charge in [-0.3, -0.25) is 4.79 Å². The van der Waals surface area contributed by atoms with Gasteiger partial charge in [0.1, 0.15) is 0 Å². The Morgan fingerprint density at radius 2 is 2.06 bits per heavy atom. The van der Waals surface area contributed by atoms with Crippen molar-refractivity contribution in [2.75, 3.05) is 0 Å². The molecule has 0 aromatic heterocycles. The van der Waals surface area contributed by atoms with Crippen molar-refractivity contribution in [3.63, 3.8) is 0 Å². The van der Waals surface area contributed by atoms with Crippen LogP contribution in [0.25, 0.3) is 6.08 Å². The molecule has 0 N–H and O–H groups in total. The van der Waals surface area contributed by atoms with Gasteiger partial charge in [0.2, 0.25) is 0 Å². The molecule has 0 unspecified atom stereocenters. The van der Waals surface area contributed by atoms with Gasteiger partial charge in [0.15, 0.2) is 5.78 Å². The number of rotatable bonds is 1. The van der Waals surface area contributed by atoms with Gasteiger partial charge in [-0.2, -0.15) is 0 Å². The average Bonchev–Trinajstić information content (AvgIpc) is 2.32. The first-order valence-corrected chi connectivity index (χ1v) is 5.60. The number of ketones is 1. The first-order valence-electron chi connectivity index (χ1n) is 5.60. The van der Waals surface area contributed by atoms with Gasteiger partial charge in [-0.1, -0.05) is 18.1 Å². The maximum atomic E-state index is 11.6. The second kappa shape index (κ2) is 4.81. The third-order valence-electron chi connectivity index (χ3n) is 2.85. The zero-order valence-corrected chi connectivity index (χ0v) is 9.20. The summed E-state index contributed by atoms with van der Waals surface area (Å²) in [5.74, 6) is 2.89. The van der Waals surface area contributed by atoms with Gasteiger partial charge in [-0.05, 0) is 48.6 Å². The molecule has 1 aromatic carbocycles. The molecule has 0 aliphatic heterocycles. The molecule has 0 radical (unpaired) electrons. The van der Waals surface area contributed by atoms with E-state index in [1.807, 2.05) is 30.3 Å². The van der Waals surface area contributed by atoms with E-state index in [1.165, 1.54) is 0 Å². The number of hydrogen-bond donors (Lipinski definition) is 0. The molecule has 1 aromatic rings. The molecule has 1 heteroatoms. The molecule has 0 amide bonds. The highest BCUT2D eigenvalue weighted by molar-refractivity contribution is 6.00. The van der Waals surface area contributed by atoms with Crippen molar-refractivity contribution >= 4 is 11.9 Å². The third kappa shape index (κ3) is 2.41. The fourth-order valence-electron chi connectivity index (χ4n) is 1.97. The molecule has 2 rings (SSSR count). The lowest BCUT2D eigenvalue weighted by Gasteiger charge is -2.12. The molecular weight excluding hydrogens is 196 g/mol. The second-order valence-electron chi connectivity index (χ2n) is 4.07. The van der Waals surface area contributed by atoms with Crippen molar-refractivity contribution in [1.82, 2.24) is 0 Å². The quantitative estimate of drug-likeness (QED) is 0.514. The van der Waals surface area contributed by atoms with Crippen LogP contribution in [0.3, 0.4) is 0 Å². The Morgan fingerprint density at radius 3 is 2.81 bits per heavy atom. The molecule has 1 saturated carbocycles. The van der Waals surface area contributed by atoms with Crippen LogP contribution in [0.2, 0.25) is 0 Å². The number of carbonyl (C=O) groups is 1. The zero-order chi connectivity index (χ0) is 11.4. The number of hydrogen-bond acceptors (Lipinski definition) is 1. The molecular formula is C15H14O. The number of benzene rings is 1. The molecule has 0 spiro atoms. The summed E-state index contributed by atoms with van der Waals surface area (Å²) >= 11 is 0. The third-order valence-corrected chi connectivity index (χ3v) is 2.85. The van der Waals surface area contributed by atoms with Crippen molar-refractivity contribution in [3.05, 3.63) is 41.0 Å². The van der Waals surface area contributed by atoms with Crippen LogP contribution in [0.5, 0.6) is 0 Å². The van der Waals surface area contributed by atoms with Crippen molar-refractivity contribution in [1.29, 1.82) is 0 Å². The van der Waals surface area contributed by atoms with Crippen LogP contribution >= 0.6 is 0 Å². The SMILES string of the molecule is C#Cc1cccc(C=C2CCCCC2=O)c1. The Labute approximate surface area is 96.2 Å². The molecule has 0 bridgehead atoms. The molecule has 0 atom stereocenters. The molecule has 1 fully saturated rings. The van der Waals surface area contributed by atoms with Gasteiger partial charge < -0.3 is 0 Å². The fraction of sp³-hybridized carbons (Fsp3) is 0.267. The topological polar surface area (TPSA) is 17.1 Å². The van der Waals surface area contributed by atoms with Gasteiger partial charge in [-0.25, -0.2) is 0 Å². The predicted molar refractivity (Wildman–Crippen MR) is 65.8 cm³/mol. The summed E-state index contributed by atoms with van der Waals surface area (Å²) in [5.41, 5.74) is 2.83. The number of terminal acetylenes is 1. The minimum absolute atomic E-state index is 0.289.